The van der Waals surface area contributed by atoms with Gasteiger partial charge in [0.1, 0.15) is 11.1 Å². The first kappa shape index (κ1) is 14.4. The summed E-state index contributed by atoms with van der Waals surface area (Å²) in [6.07, 6.45) is 0. The third kappa shape index (κ3) is 3.31. The first-order valence-corrected chi connectivity index (χ1v) is 6.70. The molecule has 20 heavy (non-hydrogen) atoms. The van der Waals surface area contributed by atoms with E-state index in [1.807, 2.05) is 49.4 Å². The SMILES string of the molecule is COc1cc(C)ccc1NC(=O)C(Cl)c1ccccc1. The van der Waals surface area contributed by atoms with Crippen LogP contribution in [0.1, 0.15) is 16.5 Å². The fourth-order valence-electron chi connectivity index (χ4n) is 1.87. The van der Waals surface area contributed by atoms with Crippen LogP contribution in [0.25, 0.3) is 0 Å². The van der Waals surface area contributed by atoms with Crippen LogP contribution >= 0.6 is 11.6 Å². The van der Waals surface area contributed by atoms with Crippen molar-refractivity contribution in [3.63, 3.8) is 0 Å². The van der Waals surface area contributed by atoms with Crippen molar-refractivity contribution in [2.24, 2.45) is 0 Å². The van der Waals surface area contributed by atoms with E-state index in [4.69, 9.17) is 16.3 Å². The summed E-state index contributed by atoms with van der Waals surface area (Å²) in [6.45, 7) is 1.96. The minimum absolute atomic E-state index is 0.278. The molecule has 4 heteroatoms. The molecule has 1 N–H and O–H groups in total. The van der Waals surface area contributed by atoms with Crippen LogP contribution in [0.5, 0.6) is 5.75 Å². The van der Waals surface area contributed by atoms with Gasteiger partial charge in [0.15, 0.2) is 0 Å². The maximum Gasteiger partial charge on any atom is 0.247 e. The van der Waals surface area contributed by atoms with Gasteiger partial charge in [-0.05, 0) is 30.2 Å². The zero-order valence-electron chi connectivity index (χ0n) is 11.4. The lowest BCUT2D eigenvalue weighted by molar-refractivity contribution is -0.116. The topological polar surface area (TPSA) is 38.3 Å². The van der Waals surface area contributed by atoms with Crippen LogP contribution in [0.2, 0.25) is 0 Å². The van der Waals surface area contributed by atoms with Gasteiger partial charge in [0.25, 0.3) is 0 Å². The minimum atomic E-state index is -0.734. The van der Waals surface area contributed by atoms with E-state index in [2.05, 4.69) is 5.32 Å². The standard InChI is InChI=1S/C16H16ClNO2/c1-11-8-9-13(14(10-11)20-2)18-16(19)15(17)12-6-4-3-5-7-12/h3-10,15H,1-2H3,(H,18,19). The molecule has 0 spiro atoms. The van der Waals surface area contributed by atoms with E-state index in [1.165, 1.54) is 0 Å². The van der Waals surface area contributed by atoms with Gasteiger partial charge >= 0.3 is 0 Å². The second-order valence-electron chi connectivity index (χ2n) is 4.47. The van der Waals surface area contributed by atoms with Crippen molar-refractivity contribution >= 4 is 23.2 Å². The Bertz CT molecular complexity index is 599. The van der Waals surface area contributed by atoms with Gasteiger partial charge in [-0.25, -0.2) is 0 Å². The smallest absolute Gasteiger partial charge is 0.247 e. The monoisotopic (exact) mass is 289 g/mol. The molecule has 0 saturated heterocycles. The molecular formula is C16H16ClNO2. The Kier molecular flexibility index (Phi) is 4.64. The Hall–Kier alpha value is -2.00. The molecule has 0 fully saturated rings. The number of hydrogen-bond donors (Lipinski definition) is 1. The third-order valence-electron chi connectivity index (χ3n) is 2.94. The summed E-state index contributed by atoms with van der Waals surface area (Å²) in [6, 6.07) is 14.8. The Morgan fingerprint density at radius 1 is 1.20 bits per heavy atom. The Labute approximate surface area is 123 Å². The number of halogens is 1. The highest BCUT2D eigenvalue weighted by molar-refractivity contribution is 6.32. The molecule has 0 aliphatic carbocycles. The van der Waals surface area contributed by atoms with Gasteiger partial charge in [0.05, 0.1) is 12.8 Å². The normalized spacial score (nSPS) is 11.8. The number of hydrogen-bond acceptors (Lipinski definition) is 2. The fraction of sp³-hybridized carbons (Fsp3) is 0.188. The molecule has 1 atom stereocenters. The van der Waals surface area contributed by atoms with Crippen LogP contribution in [-0.2, 0) is 4.79 Å². The summed E-state index contributed by atoms with van der Waals surface area (Å²) < 4.78 is 5.25. The van der Waals surface area contributed by atoms with E-state index in [1.54, 1.807) is 13.2 Å². The highest BCUT2D eigenvalue weighted by atomic mass is 35.5. The van der Waals surface area contributed by atoms with Crippen molar-refractivity contribution in [2.45, 2.75) is 12.3 Å². The van der Waals surface area contributed by atoms with Gasteiger partial charge in [-0.2, -0.15) is 0 Å². The zero-order chi connectivity index (χ0) is 14.5. The highest BCUT2D eigenvalue weighted by Gasteiger charge is 2.18. The number of alkyl halides is 1. The van der Waals surface area contributed by atoms with Crippen LogP contribution in [0.3, 0.4) is 0 Å². The molecule has 0 saturated carbocycles. The lowest BCUT2D eigenvalue weighted by Gasteiger charge is -2.14. The van der Waals surface area contributed by atoms with Crippen LogP contribution in [-0.4, -0.2) is 13.0 Å². The molecule has 2 aromatic rings. The largest absolute Gasteiger partial charge is 0.495 e. The average molecular weight is 290 g/mol. The molecule has 0 aliphatic rings. The summed E-state index contributed by atoms with van der Waals surface area (Å²) in [5.74, 6) is 0.343. The summed E-state index contributed by atoms with van der Waals surface area (Å²) in [7, 11) is 1.57. The predicted molar refractivity (Wildman–Crippen MR) is 81.4 cm³/mol. The number of anilines is 1. The fourth-order valence-corrected chi connectivity index (χ4v) is 2.07. The van der Waals surface area contributed by atoms with Gasteiger partial charge in [-0.3, -0.25) is 4.79 Å². The second kappa shape index (κ2) is 6.44. The van der Waals surface area contributed by atoms with E-state index >= 15 is 0 Å². The number of carbonyl (C=O) groups excluding carboxylic acids is 1. The Balaban J connectivity index is 2.16. The molecule has 1 amide bonds. The molecule has 0 heterocycles. The van der Waals surface area contributed by atoms with Crippen molar-refractivity contribution < 1.29 is 9.53 Å². The number of ether oxygens (including phenoxy) is 1. The van der Waals surface area contributed by atoms with E-state index in [0.29, 0.717) is 11.4 Å². The predicted octanol–water partition coefficient (Wildman–Crippen LogP) is 3.92. The van der Waals surface area contributed by atoms with Crippen molar-refractivity contribution in [3.8, 4) is 5.75 Å². The minimum Gasteiger partial charge on any atom is -0.495 e. The van der Waals surface area contributed by atoms with E-state index in [9.17, 15) is 4.79 Å². The van der Waals surface area contributed by atoms with Crippen LogP contribution in [0.15, 0.2) is 48.5 Å². The molecule has 3 nitrogen and oxygen atoms in total. The number of nitrogens with one attached hydrogen (secondary N) is 1. The lowest BCUT2D eigenvalue weighted by Crippen LogP contribution is -2.17. The van der Waals surface area contributed by atoms with E-state index in [-0.39, 0.29) is 5.91 Å². The summed E-state index contributed by atoms with van der Waals surface area (Å²) in [5, 5.41) is 2.06. The summed E-state index contributed by atoms with van der Waals surface area (Å²) in [4.78, 5) is 12.2. The van der Waals surface area contributed by atoms with Gasteiger partial charge < -0.3 is 10.1 Å². The molecule has 2 rings (SSSR count). The number of benzene rings is 2. The molecular weight excluding hydrogens is 274 g/mol. The molecule has 104 valence electrons. The Morgan fingerprint density at radius 2 is 1.90 bits per heavy atom. The Morgan fingerprint density at radius 3 is 2.55 bits per heavy atom. The van der Waals surface area contributed by atoms with Crippen LogP contribution < -0.4 is 10.1 Å². The summed E-state index contributed by atoms with van der Waals surface area (Å²) >= 11 is 6.18. The average Bonchev–Trinajstić information content (AvgIpc) is 2.49. The van der Waals surface area contributed by atoms with Gasteiger partial charge in [0, 0.05) is 0 Å². The van der Waals surface area contributed by atoms with Gasteiger partial charge in [-0.15, -0.1) is 11.6 Å². The second-order valence-corrected chi connectivity index (χ2v) is 4.90. The quantitative estimate of drug-likeness (QED) is 0.866. The zero-order valence-corrected chi connectivity index (χ0v) is 12.1. The number of amides is 1. The third-order valence-corrected chi connectivity index (χ3v) is 3.39. The van der Waals surface area contributed by atoms with Crippen LogP contribution in [0.4, 0.5) is 5.69 Å². The number of rotatable bonds is 4. The number of carbonyl (C=O) groups is 1. The molecule has 0 radical (unpaired) electrons. The number of aryl methyl sites for hydroxylation is 1. The van der Waals surface area contributed by atoms with Crippen molar-refractivity contribution in [3.05, 3.63) is 59.7 Å². The van der Waals surface area contributed by atoms with Crippen molar-refractivity contribution in [2.75, 3.05) is 12.4 Å². The molecule has 2 aromatic carbocycles. The van der Waals surface area contributed by atoms with Crippen LogP contribution in [0, 0.1) is 6.92 Å². The maximum absolute atomic E-state index is 12.2. The molecule has 1 unspecified atom stereocenters. The summed E-state index contributed by atoms with van der Waals surface area (Å²) in [5.41, 5.74) is 2.44. The van der Waals surface area contributed by atoms with Crippen molar-refractivity contribution in [1.29, 1.82) is 0 Å². The first-order valence-electron chi connectivity index (χ1n) is 6.26. The molecule has 0 aliphatic heterocycles. The number of methoxy groups -OCH3 is 1. The van der Waals surface area contributed by atoms with E-state index < -0.39 is 5.38 Å². The van der Waals surface area contributed by atoms with E-state index in [0.717, 1.165) is 11.1 Å². The van der Waals surface area contributed by atoms with Gasteiger partial charge in [-0.1, -0.05) is 36.4 Å². The highest BCUT2D eigenvalue weighted by Crippen LogP contribution is 2.28. The maximum atomic E-state index is 12.2. The first-order chi connectivity index (χ1) is 9.61. The van der Waals surface area contributed by atoms with Gasteiger partial charge in [0.2, 0.25) is 5.91 Å². The van der Waals surface area contributed by atoms with Crippen molar-refractivity contribution in [1.82, 2.24) is 0 Å². The molecule has 0 aromatic heterocycles. The lowest BCUT2D eigenvalue weighted by atomic mass is 10.1. The molecule has 0 bridgehead atoms.